The Kier molecular flexibility index (Phi) is 7.07. The van der Waals surface area contributed by atoms with Gasteiger partial charge in [-0.3, -0.25) is 14.4 Å². The number of aliphatic hydroxyl groups is 1. The first-order valence-electron chi connectivity index (χ1n) is 11.4. The molecule has 170 valence electrons. The number of likely N-dealkylation sites (tertiary alicyclic amines) is 1. The maximum absolute atomic E-state index is 13.8. The largest absolute Gasteiger partial charge is 0.394 e. The van der Waals surface area contributed by atoms with Crippen molar-refractivity contribution in [1.29, 1.82) is 0 Å². The monoisotopic (exact) mass is 439 g/mol. The van der Waals surface area contributed by atoms with Crippen LogP contribution in [0.4, 0.5) is 0 Å². The second-order valence-electron chi connectivity index (χ2n) is 9.25. The predicted molar refractivity (Wildman–Crippen MR) is 118 cm³/mol. The van der Waals surface area contributed by atoms with E-state index in [1.54, 1.807) is 23.7 Å². The van der Waals surface area contributed by atoms with E-state index in [0.29, 0.717) is 0 Å². The molecule has 3 N–H and O–H groups in total. The van der Waals surface area contributed by atoms with E-state index < -0.39 is 28.7 Å². The maximum Gasteiger partial charge on any atom is 0.244 e. The van der Waals surface area contributed by atoms with E-state index in [4.69, 9.17) is 0 Å². The molecule has 8 heteroatoms. The minimum Gasteiger partial charge on any atom is -0.394 e. The van der Waals surface area contributed by atoms with Crippen LogP contribution >= 0.6 is 11.8 Å². The third kappa shape index (κ3) is 3.53. The summed E-state index contributed by atoms with van der Waals surface area (Å²) >= 11 is 1.67. The zero-order valence-corrected chi connectivity index (χ0v) is 19.6. The van der Waals surface area contributed by atoms with Crippen molar-refractivity contribution < 1.29 is 19.5 Å². The number of rotatable bonds is 9. The van der Waals surface area contributed by atoms with Gasteiger partial charge in [-0.25, -0.2) is 0 Å². The molecule has 3 saturated heterocycles. The first-order chi connectivity index (χ1) is 14.3. The molecule has 0 aromatic carbocycles. The summed E-state index contributed by atoms with van der Waals surface area (Å²) in [5, 5.41) is 16.1. The SMILES string of the molecule is CCCC(C)NC(=O)C1N([C@@H](CO)[C@@H](C)CC)C(=O)[C@@H]2[C@H](C(=O)NC)[C@@H]3CCC12S3. The van der Waals surface area contributed by atoms with E-state index in [1.807, 2.05) is 20.8 Å². The van der Waals surface area contributed by atoms with Crippen molar-refractivity contribution >= 4 is 29.5 Å². The highest BCUT2D eigenvalue weighted by Crippen LogP contribution is 2.66. The van der Waals surface area contributed by atoms with E-state index in [1.165, 1.54) is 0 Å². The molecule has 30 heavy (non-hydrogen) atoms. The highest BCUT2D eigenvalue weighted by molar-refractivity contribution is 8.02. The van der Waals surface area contributed by atoms with Crippen LogP contribution in [0.1, 0.15) is 59.8 Å². The lowest BCUT2D eigenvalue weighted by Gasteiger charge is -2.39. The van der Waals surface area contributed by atoms with Gasteiger partial charge in [-0.05, 0) is 32.1 Å². The highest BCUT2D eigenvalue weighted by atomic mass is 32.2. The number of nitrogens with one attached hydrogen (secondary N) is 2. The normalized spacial score (nSPS) is 35.1. The van der Waals surface area contributed by atoms with Crippen LogP contribution < -0.4 is 10.6 Å². The molecule has 2 bridgehead atoms. The molecule has 3 heterocycles. The molecule has 0 saturated carbocycles. The van der Waals surface area contributed by atoms with Crippen LogP contribution in [0.15, 0.2) is 0 Å². The molecule has 0 aromatic heterocycles. The van der Waals surface area contributed by atoms with Gasteiger partial charge in [0.05, 0.1) is 29.2 Å². The Morgan fingerprint density at radius 1 is 1.30 bits per heavy atom. The van der Waals surface area contributed by atoms with Gasteiger partial charge in [-0.1, -0.05) is 33.6 Å². The van der Waals surface area contributed by atoms with Crippen molar-refractivity contribution in [1.82, 2.24) is 15.5 Å². The van der Waals surface area contributed by atoms with E-state index in [2.05, 4.69) is 17.6 Å². The number of carbonyl (C=O) groups excluding carboxylic acids is 3. The summed E-state index contributed by atoms with van der Waals surface area (Å²) in [4.78, 5) is 41.8. The molecule has 0 aliphatic carbocycles. The molecule has 3 aliphatic heterocycles. The topological polar surface area (TPSA) is 98.7 Å². The molecule has 0 aromatic rings. The summed E-state index contributed by atoms with van der Waals surface area (Å²) in [7, 11) is 1.61. The predicted octanol–water partition coefficient (Wildman–Crippen LogP) is 1.54. The molecule has 1 spiro atoms. The zero-order chi connectivity index (χ0) is 22.2. The summed E-state index contributed by atoms with van der Waals surface area (Å²) in [5.41, 5.74) is 0. The van der Waals surface area contributed by atoms with Gasteiger partial charge in [0.25, 0.3) is 0 Å². The summed E-state index contributed by atoms with van der Waals surface area (Å²) in [6, 6.07) is -1.06. The fourth-order valence-electron chi connectivity index (χ4n) is 5.86. The van der Waals surface area contributed by atoms with Gasteiger partial charge in [-0.2, -0.15) is 0 Å². The summed E-state index contributed by atoms with van der Waals surface area (Å²) in [6.45, 7) is 7.92. The van der Waals surface area contributed by atoms with Crippen LogP contribution in [0.3, 0.4) is 0 Å². The van der Waals surface area contributed by atoms with Gasteiger partial charge < -0.3 is 20.6 Å². The van der Waals surface area contributed by atoms with Crippen molar-refractivity contribution in [3.05, 3.63) is 0 Å². The number of hydrogen-bond acceptors (Lipinski definition) is 5. The zero-order valence-electron chi connectivity index (χ0n) is 18.8. The number of fused-ring (bicyclic) bond motifs is 1. The smallest absolute Gasteiger partial charge is 0.244 e. The third-order valence-corrected chi connectivity index (χ3v) is 9.44. The molecule has 8 atom stereocenters. The number of amides is 3. The van der Waals surface area contributed by atoms with Crippen LogP contribution in [0.2, 0.25) is 0 Å². The first kappa shape index (κ1) is 23.4. The van der Waals surface area contributed by atoms with Gasteiger partial charge in [0.1, 0.15) is 6.04 Å². The van der Waals surface area contributed by atoms with Crippen molar-refractivity contribution in [3.8, 4) is 0 Å². The minimum absolute atomic E-state index is 0.0180. The third-order valence-electron chi connectivity index (χ3n) is 7.49. The highest BCUT2D eigenvalue weighted by Gasteiger charge is 2.74. The minimum atomic E-state index is -0.648. The lowest BCUT2D eigenvalue weighted by molar-refractivity contribution is -0.144. The Bertz CT molecular complexity index is 689. The molecule has 7 nitrogen and oxygen atoms in total. The second kappa shape index (κ2) is 9.07. The Morgan fingerprint density at radius 2 is 2.00 bits per heavy atom. The molecular weight excluding hydrogens is 402 g/mol. The van der Waals surface area contributed by atoms with E-state index in [0.717, 1.165) is 32.1 Å². The Morgan fingerprint density at radius 3 is 2.57 bits per heavy atom. The summed E-state index contributed by atoms with van der Waals surface area (Å²) in [5.74, 6) is -1.25. The Labute approximate surface area is 184 Å². The van der Waals surface area contributed by atoms with Crippen molar-refractivity contribution in [2.75, 3.05) is 13.7 Å². The van der Waals surface area contributed by atoms with Crippen molar-refractivity contribution in [2.24, 2.45) is 17.8 Å². The number of aliphatic hydroxyl groups excluding tert-OH is 1. The van der Waals surface area contributed by atoms with Crippen molar-refractivity contribution in [2.45, 2.75) is 87.9 Å². The molecule has 3 amide bonds. The fourth-order valence-corrected chi connectivity index (χ4v) is 8.06. The van der Waals surface area contributed by atoms with Crippen LogP contribution in [-0.4, -0.2) is 69.5 Å². The number of hydrogen-bond donors (Lipinski definition) is 3. The maximum atomic E-state index is 13.8. The lowest BCUT2D eigenvalue weighted by atomic mass is 9.70. The first-order valence-corrected chi connectivity index (χ1v) is 12.3. The molecule has 0 radical (unpaired) electrons. The molecule has 3 rings (SSSR count). The standard InChI is InChI=1S/C22H37N3O4S/c1-6-8-13(4)24-20(28)18-22-10-9-15(30-22)16(19(27)23-5)17(22)21(29)25(18)14(11-26)12(3)7-2/h12-18,26H,6-11H2,1-5H3,(H,23,27)(H,24,28)/t12-,13?,14-,15-,16+,17-,18?,22?/m0/s1. The van der Waals surface area contributed by atoms with Gasteiger partial charge in [-0.15, -0.1) is 11.8 Å². The van der Waals surface area contributed by atoms with Crippen LogP contribution in [0, 0.1) is 17.8 Å². The average molecular weight is 440 g/mol. The number of nitrogens with zero attached hydrogens (tertiary/aromatic N) is 1. The second-order valence-corrected chi connectivity index (χ2v) is 10.9. The quantitative estimate of drug-likeness (QED) is 0.506. The summed E-state index contributed by atoms with van der Waals surface area (Å²) in [6.07, 6.45) is 4.21. The van der Waals surface area contributed by atoms with Crippen LogP contribution in [0.25, 0.3) is 0 Å². The lowest BCUT2D eigenvalue weighted by Crippen LogP contribution is -2.58. The summed E-state index contributed by atoms with van der Waals surface area (Å²) < 4.78 is -0.587. The average Bonchev–Trinajstić information content (AvgIpc) is 3.35. The Hall–Kier alpha value is -1.28. The van der Waals surface area contributed by atoms with Gasteiger partial charge in [0.2, 0.25) is 17.7 Å². The van der Waals surface area contributed by atoms with Gasteiger partial charge in [0.15, 0.2) is 0 Å². The fraction of sp³-hybridized carbons (Fsp3) is 0.864. The molecular formula is C22H37N3O4S. The van der Waals surface area contributed by atoms with Crippen LogP contribution in [0.5, 0.6) is 0 Å². The number of thioether (sulfide) groups is 1. The van der Waals surface area contributed by atoms with E-state index in [-0.39, 0.29) is 41.5 Å². The van der Waals surface area contributed by atoms with Crippen LogP contribution in [-0.2, 0) is 14.4 Å². The Balaban J connectivity index is 2.04. The number of carbonyl (C=O) groups is 3. The molecule has 3 aliphatic rings. The van der Waals surface area contributed by atoms with Gasteiger partial charge in [0, 0.05) is 18.3 Å². The van der Waals surface area contributed by atoms with E-state index in [9.17, 15) is 19.5 Å². The van der Waals surface area contributed by atoms with E-state index >= 15 is 0 Å². The molecule has 3 unspecified atom stereocenters. The van der Waals surface area contributed by atoms with Crippen molar-refractivity contribution in [3.63, 3.8) is 0 Å². The van der Waals surface area contributed by atoms with Gasteiger partial charge >= 0.3 is 0 Å². The molecule has 3 fully saturated rings.